The van der Waals surface area contributed by atoms with Gasteiger partial charge in [-0.1, -0.05) is 36.0 Å². The van der Waals surface area contributed by atoms with Gasteiger partial charge in [-0.05, 0) is 31.0 Å². The average Bonchev–Trinajstić information content (AvgIpc) is 2.55. The van der Waals surface area contributed by atoms with Crippen molar-refractivity contribution in [3.8, 4) is 6.07 Å². The van der Waals surface area contributed by atoms with Crippen LogP contribution in [0.25, 0.3) is 0 Å². The minimum absolute atomic E-state index is 0.0250. The van der Waals surface area contributed by atoms with Crippen LogP contribution < -0.4 is 10.6 Å². The molecular formula is C16H17Cl2N3O2. The summed E-state index contributed by atoms with van der Waals surface area (Å²) in [6.07, 6.45) is 3.32. The zero-order chi connectivity index (χ0) is 16.8. The third-order valence-electron chi connectivity index (χ3n) is 3.94. The second-order valence-electron chi connectivity index (χ2n) is 5.48. The third-order valence-corrected chi connectivity index (χ3v) is 4.68. The summed E-state index contributed by atoms with van der Waals surface area (Å²) in [6, 6.07) is 6.31. The van der Waals surface area contributed by atoms with Crippen LogP contribution in [0.2, 0.25) is 10.0 Å². The van der Waals surface area contributed by atoms with Gasteiger partial charge in [0.25, 0.3) is 5.91 Å². The highest BCUT2D eigenvalue weighted by Gasteiger charge is 2.32. The van der Waals surface area contributed by atoms with Gasteiger partial charge in [-0.25, -0.2) is 0 Å². The summed E-state index contributed by atoms with van der Waals surface area (Å²) in [6.45, 7) is -0.0250. The van der Waals surface area contributed by atoms with E-state index in [4.69, 9.17) is 28.5 Å². The van der Waals surface area contributed by atoms with Crippen LogP contribution in [0, 0.1) is 17.2 Å². The van der Waals surface area contributed by atoms with Gasteiger partial charge in [0, 0.05) is 11.6 Å². The van der Waals surface area contributed by atoms with Crippen molar-refractivity contribution in [3.63, 3.8) is 0 Å². The molecule has 0 unspecified atom stereocenters. The lowest BCUT2D eigenvalue weighted by atomic mass is 9.83. The van der Waals surface area contributed by atoms with Crippen molar-refractivity contribution in [2.45, 2.75) is 31.7 Å². The van der Waals surface area contributed by atoms with Crippen molar-refractivity contribution in [3.05, 3.63) is 33.8 Å². The van der Waals surface area contributed by atoms with E-state index in [0.29, 0.717) is 22.0 Å². The van der Waals surface area contributed by atoms with Gasteiger partial charge in [-0.2, -0.15) is 5.26 Å². The van der Waals surface area contributed by atoms with Gasteiger partial charge in [-0.3, -0.25) is 9.59 Å². The summed E-state index contributed by atoms with van der Waals surface area (Å²) in [5, 5.41) is 14.7. The molecule has 0 aliphatic heterocycles. The maximum atomic E-state index is 12.4. The van der Waals surface area contributed by atoms with E-state index in [1.807, 2.05) is 6.07 Å². The Balaban J connectivity index is 2.06. The Morgan fingerprint density at radius 1 is 1.22 bits per heavy atom. The molecule has 1 aromatic rings. The predicted molar refractivity (Wildman–Crippen MR) is 88.3 cm³/mol. The first-order valence-electron chi connectivity index (χ1n) is 7.43. The van der Waals surface area contributed by atoms with Crippen LogP contribution in [-0.4, -0.2) is 24.4 Å². The molecule has 2 amide bonds. The number of carbonyl (C=O) groups is 2. The first kappa shape index (κ1) is 17.6. The largest absolute Gasteiger partial charge is 0.349 e. The second kappa shape index (κ2) is 8.19. The number of carbonyl (C=O) groups excluding carboxylic acids is 2. The lowest BCUT2D eigenvalue weighted by Crippen LogP contribution is -2.48. The van der Waals surface area contributed by atoms with Crippen molar-refractivity contribution in [1.29, 1.82) is 5.26 Å². The molecule has 7 heteroatoms. The molecular weight excluding hydrogens is 337 g/mol. The molecule has 2 rings (SSSR count). The van der Waals surface area contributed by atoms with Crippen LogP contribution >= 0.6 is 23.2 Å². The second-order valence-corrected chi connectivity index (χ2v) is 6.29. The standard InChI is InChI=1S/C16H17Cl2N3O2/c17-12-6-5-10(9-13(12)18)15(22)21-14-4-2-1-3-11(14)16(23)20-8-7-19/h5-6,9,11,14H,1-4,8H2,(H,20,23)(H,21,22)/t11-,14-/m1/s1. The highest BCUT2D eigenvalue weighted by molar-refractivity contribution is 6.42. The van der Waals surface area contributed by atoms with Crippen molar-refractivity contribution >= 4 is 35.0 Å². The molecule has 0 heterocycles. The Hall–Kier alpha value is -1.77. The number of halogens is 2. The zero-order valence-corrected chi connectivity index (χ0v) is 14.0. The molecule has 1 fully saturated rings. The molecule has 0 bridgehead atoms. The fourth-order valence-electron chi connectivity index (χ4n) is 2.76. The molecule has 0 radical (unpaired) electrons. The quantitative estimate of drug-likeness (QED) is 0.816. The minimum Gasteiger partial charge on any atom is -0.349 e. The summed E-state index contributed by atoms with van der Waals surface area (Å²) in [5.41, 5.74) is 0.404. The molecule has 2 N–H and O–H groups in total. The van der Waals surface area contributed by atoms with Gasteiger partial charge < -0.3 is 10.6 Å². The normalized spacial score (nSPS) is 20.4. The maximum absolute atomic E-state index is 12.4. The molecule has 0 spiro atoms. The number of nitriles is 1. The first-order chi connectivity index (χ1) is 11.0. The smallest absolute Gasteiger partial charge is 0.251 e. The summed E-state index contributed by atoms with van der Waals surface area (Å²) in [7, 11) is 0. The van der Waals surface area contributed by atoms with Gasteiger partial charge in [0.1, 0.15) is 6.54 Å². The number of nitrogens with zero attached hydrogens (tertiary/aromatic N) is 1. The summed E-state index contributed by atoms with van der Waals surface area (Å²) >= 11 is 11.8. The summed E-state index contributed by atoms with van der Waals surface area (Å²) < 4.78 is 0. The first-order valence-corrected chi connectivity index (χ1v) is 8.19. The Bertz CT molecular complexity index is 643. The van der Waals surface area contributed by atoms with Crippen molar-refractivity contribution in [1.82, 2.24) is 10.6 Å². The molecule has 122 valence electrons. The van der Waals surface area contributed by atoms with E-state index in [-0.39, 0.29) is 30.3 Å². The fourth-order valence-corrected chi connectivity index (χ4v) is 3.06. The molecule has 5 nitrogen and oxygen atoms in total. The Morgan fingerprint density at radius 3 is 2.65 bits per heavy atom. The number of benzene rings is 1. The van der Waals surface area contributed by atoms with E-state index in [0.717, 1.165) is 19.3 Å². The maximum Gasteiger partial charge on any atom is 0.251 e. The van der Waals surface area contributed by atoms with Crippen LogP contribution in [0.5, 0.6) is 0 Å². The topological polar surface area (TPSA) is 82.0 Å². The Labute approximate surface area is 144 Å². The molecule has 1 aliphatic rings. The van der Waals surface area contributed by atoms with Gasteiger partial charge in [0.2, 0.25) is 5.91 Å². The predicted octanol–water partition coefficient (Wildman–Crippen LogP) is 2.92. The van der Waals surface area contributed by atoms with Crippen LogP contribution in [0.3, 0.4) is 0 Å². The molecule has 23 heavy (non-hydrogen) atoms. The minimum atomic E-state index is -0.316. The molecule has 1 aliphatic carbocycles. The summed E-state index contributed by atoms with van der Waals surface area (Å²) in [4.78, 5) is 24.5. The molecule has 1 aromatic carbocycles. The zero-order valence-electron chi connectivity index (χ0n) is 12.4. The van der Waals surface area contributed by atoms with Gasteiger partial charge in [0.05, 0.1) is 22.0 Å². The molecule has 1 saturated carbocycles. The molecule has 2 atom stereocenters. The van der Waals surface area contributed by atoms with E-state index in [9.17, 15) is 9.59 Å². The highest BCUT2D eigenvalue weighted by atomic mass is 35.5. The number of hydrogen-bond donors (Lipinski definition) is 2. The number of nitrogens with one attached hydrogen (secondary N) is 2. The molecule has 0 aromatic heterocycles. The average molecular weight is 354 g/mol. The summed E-state index contributed by atoms with van der Waals surface area (Å²) in [5.74, 6) is -0.789. The SMILES string of the molecule is N#CCNC(=O)[C@@H]1CCCC[C@H]1NC(=O)c1ccc(Cl)c(Cl)c1. The highest BCUT2D eigenvalue weighted by Crippen LogP contribution is 2.26. The Morgan fingerprint density at radius 2 is 1.96 bits per heavy atom. The van der Waals surface area contributed by atoms with Crippen molar-refractivity contribution < 1.29 is 9.59 Å². The van der Waals surface area contributed by atoms with E-state index < -0.39 is 0 Å². The van der Waals surface area contributed by atoms with Crippen molar-refractivity contribution in [2.24, 2.45) is 5.92 Å². The van der Waals surface area contributed by atoms with Crippen LogP contribution in [0.4, 0.5) is 0 Å². The van der Waals surface area contributed by atoms with E-state index in [2.05, 4.69) is 10.6 Å². The fraction of sp³-hybridized carbons (Fsp3) is 0.438. The van der Waals surface area contributed by atoms with Gasteiger partial charge in [0.15, 0.2) is 0 Å². The van der Waals surface area contributed by atoms with E-state index in [1.54, 1.807) is 12.1 Å². The third kappa shape index (κ3) is 4.60. The van der Waals surface area contributed by atoms with E-state index in [1.165, 1.54) is 6.07 Å². The van der Waals surface area contributed by atoms with Crippen molar-refractivity contribution in [2.75, 3.05) is 6.54 Å². The van der Waals surface area contributed by atoms with E-state index >= 15 is 0 Å². The van der Waals surface area contributed by atoms with Gasteiger partial charge >= 0.3 is 0 Å². The van der Waals surface area contributed by atoms with Crippen LogP contribution in [0.15, 0.2) is 18.2 Å². The number of amides is 2. The Kier molecular flexibility index (Phi) is 6.26. The van der Waals surface area contributed by atoms with Gasteiger partial charge in [-0.15, -0.1) is 0 Å². The lowest BCUT2D eigenvalue weighted by Gasteiger charge is -2.31. The monoisotopic (exact) mass is 353 g/mol. The molecule has 0 saturated heterocycles. The lowest BCUT2D eigenvalue weighted by molar-refractivity contribution is -0.126. The van der Waals surface area contributed by atoms with Crippen LogP contribution in [-0.2, 0) is 4.79 Å². The number of rotatable bonds is 4. The number of hydrogen-bond acceptors (Lipinski definition) is 3. The van der Waals surface area contributed by atoms with Crippen LogP contribution in [0.1, 0.15) is 36.0 Å².